The summed E-state index contributed by atoms with van der Waals surface area (Å²) in [7, 11) is -3.54. The highest BCUT2D eigenvalue weighted by Gasteiger charge is 2.33. The van der Waals surface area contributed by atoms with Crippen molar-refractivity contribution in [2.75, 3.05) is 13.1 Å². The summed E-state index contributed by atoms with van der Waals surface area (Å²) < 4.78 is 29.2. The summed E-state index contributed by atoms with van der Waals surface area (Å²) in [5.41, 5.74) is 0.0967. The molecule has 1 saturated heterocycles. The predicted molar refractivity (Wildman–Crippen MR) is 89.9 cm³/mol. The number of rotatable bonds is 5. The molecule has 1 atom stereocenters. The zero-order chi connectivity index (χ0) is 15.7. The van der Waals surface area contributed by atoms with Gasteiger partial charge in [-0.25, -0.2) is 18.1 Å². The number of piperidine rings is 1. The lowest BCUT2D eigenvalue weighted by Crippen LogP contribution is -2.52. The maximum Gasteiger partial charge on any atom is 0.259 e. The van der Waals surface area contributed by atoms with Gasteiger partial charge in [-0.3, -0.25) is 0 Å². The monoisotopic (exact) mass is 350 g/mol. The maximum absolute atomic E-state index is 12.4. The smallest absolute Gasteiger partial charge is 0.259 e. The number of hydrogen-bond acceptors (Lipinski definition) is 4. The van der Waals surface area contributed by atoms with Crippen molar-refractivity contribution in [3.8, 4) is 0 Å². The molecule has 1 unspecified atom stereocenters. The van der Waals surface area contributed by atoms with E-state index in [0.717, 1.165) is 19.4 Å². The van der Waals surface area contributed by atoms with Crippen LogP contribution in [0, 0.1) is 12.3 Å². The van der Waals surface area contributed by atoms with Crippen LogP contribution in [0.1, 0.15) is 39.4 Å². The van der Waals surface area contributed by atoms with Gasteiger partial charge in [0.1, 0.15) is 5.82 Å². The molecule has 0 spiro atoms. The summed E-state index contributed by atoms with van der Waals surface area (Å²) in [6, 6.07) is 0.149. The fourth-order valence-electron chi connectivity index (χ4n) is 2.82. The molecule has 0 amide bonds. The summed E-state index contributed by atoms with van der Waals surface area (Å²) in [5, 5.41) is 3.52. The van der Waals surface area contributed by atoms with Crippen LogP contribution in [0.25, 0.3) is 0 Å². The number of hydrogen-bond donors (Lipinski definition) is 2. The Morgan fingerprint density at radius 3 is 2.73 bits per heavy atom. The van der Waals surface area contributed by atoms with Crippen LogP contribution in [0.4, 0.5) is 0 Å². The largest absolute Gasteiger partial charge is 0.334 e. The van der Waals surface area contributed by atoms with Crippen LogP contribution < -0.4 is 10.0 Å². The van der Waals surface area contributed by atoms with E-state index in [1.54, 1.807) is 6.20 Å². The minimum atomic E-state index is -3.54. The molecule has 128 valence electrons. The summed E-state index contributed by atoms with van der Waals surface area (Å²) in [4.78, 5) is 4.15. The second-order valence-electron chi connectivity index (χ2n) is 6.36. The molecule has 2 rings (SSSR count). The molecule has 2 heterocycles. The van der Waals surface area contributed by atoms with Crippen molar-refractivity contribution in [3.63, 3.8) is 0 Å². The highest BCUT2D eigenvalue weighted by Crippen LogP contribution is 2.29. The Bertz CT molecular complexity index is 598. The lowest BCUT2D eigenvalue weighted by molar-refractivity contribution is 0.181. The Morgan fingerprint density at radius 2 is 2.18 bits per heavy atom. The summed E-state index contributed by atoms with van der Waals surface area (Å²) in [5.74, 6) is 0.717. The van der Waals surface area contributed by atoms with Gasteiger partial charge in [-0.15, -0.1) is 12.4 Å². The first-order valence-corrected chi connectivity index (χ1v) is 9.01. The quantitative estimate of drug-likeness (QED) is 0.847. The van der Waals surface area contributed by atoms with Gasteiger partial charge in [-0.05, 0) is 38.6 Å². The normalized spacial score (nSPS) is 21.4. The van der Waals surface area contributed by atoms with Crippen LogP contribution in [-0.4, -0.2) is 37.1 Å². The molecular weight excluding hydrogens is 324 g/mol. The van der Waals surface area contributed by atoms with Crippen LogP contribution in [0.5, 0.6) is 0 Å². The molecule has 1 fully saturated rings. The number of imidazole rings is 1. The summed E-state index contributed by atoms with van der Waals surface area (Å²) >= 11 is 0. The SMILES string of the molecule is CCn1cc(S(=O)(=O)NCC2NCCCC2(C)C)nc1C.Cl. The second kappa shape index (κ2) is 7.29. The van der Waals surface area contributed by atoms with Gasteiger partial charge in [0.05, 0.1) is 0 Å². The van der Waals surface area contributed by atoms with E-state index in [2.05, 4.69) is 28.9 Å². The van der Waals surface area contributed by atoms with Crippen molar-refractivity contribution in [2.24, 2.45) is 5.41 Å². The molecule has 1 aliphatic heterocycles. The van der Waals surface area contributed by atoms with Gasteiger partial charge in [-0.2, -0.15) is 0 Å². The molecule has 8 heteroatoms. The third-order valence-electron chi connectivity index (χ3n) is 4.38. The zero-order valence-electron chi connectivity index (χ0n) is 13.7. The van der Waals surface area contributed by atoms with Crippen molar-refractivity contribution in [1.29, 1.82) is 0 Å². The first-order chi connectivity index (χ1) is 9.76. The lowest BCUT2D eigenvalue weighted by atomic mass is 9.78. The molecular formula is C14H27ClN4O2S. The van der Waals surface area contributed by atoms with E-state index in [0.29, 0.717) is 18.9 Å². The number of nitrogens with zero attached hydrogens (tertiary/aromatic N) is 2. The standard InChI is InChI=1S/C14H26N4O2S.ClH/c1-5-18-10-13(17-11(18)2)21(19,20)16-9-12-14(3,4)7-6-8-15-12;/h10,12,15-16H,5-9H2,1-4H3;1H. The van der Waals surface area contributed by atoms with Crippen molar-refractivity contribution in [2.45, 2.75) is 58.1 Å². The van der Waals surface area contributed by atoms with E-state index in [1.165, 1.54) is 0 Å². The highest BCUT2D eigenvalue weighted by molar-refractivity contribution is 7.89. The van der Waals surface area contributed by atoms with Gasteiger partial charge < -0.3 is 9.88 Å². The maximum atomic E-state index is 12.4. The Kier molecular flexibility index (Phi) is 6.44. The molecule has 1 aromatic rings. The van der Waals surface area contributed by atoms with E-state index < -0.39 is 10.0 Å². The van der Waals surface area contributed by atoms with Crippen LogP contribution >= 0.6 is 12.4 Å². The number of sulfonamides is 1. The van der Waals surface area contributed by atoms with Gasteiger partial charge in [0.2, 0.25) is 0 Å². The molecule has 0 aliphatic carbocycles. The van der Waals surface area contributed by atoms with Crippen LogP contribution in [0.2, 0.25) is 0 Å². The first kappa shape index (κ1) is 19.4. The Labute approximate surface area is 139 Å². The van der Waals surface area contributed by atoms with Gasteiger partial charge >= 0.3 is 0 Å². The summed E-state index contributed by atoms with van der Waals surface area (Å²) in [6.07, 6.45) is 3.84. The third-order valence-corrected chi connectivity index (χ3v) is 5.67. The Hall–Kier alpha value is -0.630. The first-order valence-electron chi connectivity index (χ1n) is 7.53. The summed E-state index contributed by atoms with van der Waals surface area (Å²) in [6.45, 7) is 10.2. The number of aryl methyl sites for hydroxylation is 2. The Balaban J connectivity index is 0.00000242. The van der Waals surface area contributed by atoms with Crippen molar-refractivity contribution in [3.05, 3.63) is 12.0 Å². The highest BCUT2D eigenvalue weighted by atomic mass is 35.5. The molecule has 1 aliphatic rings. The fraction of sp³-hybridized carbons (Fsp3) is 0.786. The van der Waals surface area contributed by atoms with E-state index in [4.69, 9.17) is 0 Å². The Morgan fingerprint density at radius 1 is 1.50 bits per heavy atom. The molecule has 0 bridgehead atoms. The predicted octanol–water partition coefficient (Wildman–Crippen LogP) is 1.69. The van der Waals surface area contributed by atoms with Gasteiger partial charge in [0.25, 0.3) is 10.0 Å². The minimum Gasteiger partial charge on any atom is -0.334 e. The van der Waals surface area contributed by atoms with Crippen LogP contribution in [0.3, 0.4) is 0 Å². The number of aromatic nitrogens is 2. The van der Waals surface area contributed by atoms with Crippen LogP contribution in [0.15, 0.2) is 11.2 Å². The van der Waals surface area contributed by atoms with Crippen molar-refractivity contribution in [1.82, 2.24) is 19.6 Å². The topological polar surface area (TPSA) is 76.0 Å². The molecule has 1 aromatic heterocycles. The van der Waals surface area contributed by atoms with Gasteiger partial charge in [-0.1, -0.05) is 13.8 Å². The average molecular weight is 351 g/mol. The molecule has 0 saturated carbocycles. The number of halogens is 1. The van der Waals surface area contributed by atoms with Gasteiger partial charge in [0, 0.05) is 25.3 Å². The van der Waals surface area contributed by atoms with Crippen molar-refractivity contribution >= 4 is 22.4 Å². The third kappa shape index (κ3) is 4.22. The molecule has 22 heavy (non-hydrogen) atoms. The second-order valence-corrected chi connectivity index (χ2v) is 8.08. The fourth-order valence-corrected chi connectivity index (χ4v) is 3.87. The van der Waals surface area contributed by atoms with Crippen LogP contribution in [-0.2, 0) is 16.6 Å². The molecule has 0 radical (unpaired) electrons. The van der Waals surface area contributed by atoms with Crippen molar-refractivity contribution < 1.29 is 8.42 Å². The average Bonchev–Trinajstić information content (AvgIpc) is 2.79. The van der Waals surface area contributed by atoms with E-state index in [1.807, 2.05) is 18.4 Å². The van der Waals surface area contributed by atoms with E-state index in [-0.39, 0.29) is 28.9 Å². The molecule has 6 nitrogen and oxygen atoms in total. The zero-order valence-corrected chi connectivity index (χ0v) is 15.4. The van der Waals surface area contributed by atoms with E-state index >= 15 is 0 Å². The minimum absolute atomic E-state index is 0. The van der Waals surface area contributed by atoms with Gasteiger partial charge in [0.15, 0.2) is 5.03 Å². The van der Waals surface area contributed by atoms with E-state index in [9.17, 15) is 8.42 Å². The molecule has 0 aromatic carbocycles. The molecule has 2 N–H and O–H groups in total. The lowest BCUT2D eigenvalue weighted by Gasteiger charge is -2.39. The number of nitrogens with one attached hydrogen (secondary N) is 2.